The number of ether oxygens (including phenoxy) is 4. The molecule has 302 valence electrons. The van der Waals surface area contributed by atoms with Gasteiger partial charge in [0, 0.05) is 12.8 Å². The van der Waals surface area contributed by atoms with Gasteiger partial charge in [0.25, 0.3) is 0 Å². The first-order chi connectivity index (χ1) is 26.2. The van der Waals surface area contributed by atoms with E-state index in [1.807, 2.05) is 18.2 Å². The lowest BCUT2D eigenvalue weighted by Crippen LogP contribution is -2.60. The van der Waals surface area contributed by atoms with E-state index in [1.54, 1.807) is 0 Å². The predicted molar refractivity (Wildman–Crippen MR) is 210 cm³/mol. The summed E-state index contributed by atoms with van der Waals surface area (Å²) in [6.07, 6.45) is 33.5. The third kappa shape index (κ3) is 24.4. The van der Waals surface area contributed by atoms with Gasteiger partial charge in [-0.25, -0.2) is 4.79 Å². The third-order valence-electron chi connectivity index (χ3n) is 7.94. The Bertz CT molecular complexity index is 1260. The van der Waals surface area contributed by atoms with Crippen LogP contribution in [0.2, 0.25) is 0 Å². The Balaban J connectivity index is 2.53. The molecule has 0 bridgehead atoms. The molecule has 54 heavy (non-hydrogen) atoms. The fraction of sp³-hybridized carbons (Fsp3) is 0.558. The molecule has 0 aliphatic carbocycles. The minimum absolute atomic E-state index is 0.0462. The molecule has 0 radical (unpaired) electrons. The molecule has 1 aliphatic heterocycles. The lowest BCUT2D eigenvalue weighted by atomic mass is 9.99. The van der Waals surface area contributed by atoms with Crippen molar-refractivity contribution in [3.8, 4) is 0 Å². The number of carbonyl (C=O) groups excluding carboxylic acids is 2. The summed E-state index contributed by atoms with van der Waals surface area (Å²) in [5.74, 6) is -2.62. The summed E-state index contributed by atoms with van der Waals surface area (Å²) in [6.45, 7) is 3.44. The Kier molecular flexibility index (Phi) is 29.0. The first kappa shape index (κ1) is 48.1. The number of hydrogen-bond donors (Lipinski definition) is 4. The zero-order valence-electron chi connectivity index (χ0n) is 32.2. The van der Waals surface area contributed by atoms with Crippen LogP contribution in [0.3, 0.4) is 0 Å². The molecule has 0 amide bonds. The van der Waals surface area contributed by atoms with Gasteiger partial charge >= 0.3 is 17.9 Å². The third-order valence-corrected chi connectivity index (χ3v) is 7.94. The highest BCUT2D eigenvalue weighted by Gasteiger charge is 2.47. The van der Waals surface area contributed by atoms with E-state index in [1.165, 1.54) is 0 Å². The average Bonchev–Trinajstić information content (AvgIpc) is 3.15. The van der Waals surface area contributed by atoms with Crippen LogP contribution in [0.15, 0.2) is 97.2 Å². The molecule has 6 unspecified atom stereocenters. The molecule has 6 atom stereocenters. The summed E-state index contributed by atoms with van der Waals surface area (Å²) in [4.78, 5) is 36.6. The van der Waals surface area contributed by atoms with Crippen LogP contribution >= 0.6 is 0 Å². The van der Waals surface area contributed by atoms with Crippen LogP contribution in [0.1, 0.15) is 104 Å². The van der Waals surface area contributed by atoms with Crippen molar-refractivity contribution in [3.63, 3.8) is 0 Å². The second-order valence-corrected chi connectivity index (χ2v) is 12.6. The monoisotopic (exact) mass is 756 g/mol. The minimum Gasteiger partial charge on any atom is -0.479 e. The van der Waals surface area contributed by atoms with Gasteiger partial charge in [0.05, 0.1) is 6.61 Å². The maximum absolute atomic E-state index is 12.7. The number of aliphatic carboxylic acids is 1. The summed E-state index contributed by atoms with van der Waals surface area (Å²) in [5.41, 5.74) is 0. The number of hydrogen-bond acceptors (Lipinski definition) is 10. The number of carbonyl (C=O) groups is 3. The first-order valence-corrected chi connectivity index (χ1v) is 19.3. The van der Waals surface area contributed by atoms with E-state index in [0.717, 1.165) is 64.2 Å². The van der Waals surface area contributed by atoms with Gasteiger partial charge in [0.1, 0.15) is 24.9 Å². The van der Waals surface area contributed by atoms with E-state index < -0.39 is 61.3 Å². The van der Waals surface area contributed by atoms with E-state index in [2.05, 4.69) is 92.8 Å². The van der Waals surface area contributed by atoms with Crippen LogP contribution in [0.5, 0.6) is 0 Å². The van der Waals surface area contributed by atoms with Crippen LogP contribution in [-0.4, -0.2) is 88.4 Å². The van der Waals surface area contributed by atoms with Crippen molar-refractivity contribution < 1.29 is 53.8 Å². The van der Waals surface area contributed by atoms with Crippen molar-refractivity contribution in [1.29, 1.82) is 0 Å². The molecule has 1 heterocycles. The van der Waals surface area contributed by atoms with E-state index in [0.29, 0.717) is 12.8 Å². The summed E-state index contributed by atoms with van der Waals surface area (Å²) >= 11 is 0. The maximum atomic E-state index is 12.7. The molecule has 1 saturated heterocycles. The van der Waals surface area contributed by atoms with Gasteiger partial charge < -0.3 is 39.4 Å². The summed E-state index contributed by atoms with van der Waals surface area (Å²) in [6, 6.07) is 0. The quantitative estimate of drug-likeness (QED) is 0.0343. The molecule has 1 rings (SSSR count). The Morgan fingerprint density at radius 2 is 1.06 bits per heavy atom. The van der Waals surface area contributed by atoms with Crippen molar-refractivity contribution >= 4 is 17.9 Å². The molecule has 0 aromatic carbocycles. The van der Waals surface area contributed by atoms with Crippen molar-refractivity contribution in [1.82, 2.24) is 0 Å². The fourth-order valence-electron chi connectivity index (χ4n) is 4.94. The molecule has 1 aliphatic rings. The van der Waals surface area contributed by atoms with Gasteiger partial charge in [-0.1, -0.05) is 111 Å². The van der Waals surface area contributed by atoms with Crippen LogP contribution < -0.4 is 0 Å². The Labute approximate surface area is 322 Å². The normalized spacial score (nSPS) is 21.7. The van der Waals surface area contributed by atoms with E-state index in [4.69, 9.17) is 18.9 Å². The van der Waals surface area contributed by atoms with Crippen molar-refractivity contribution in [2.24, 2.45) is 0 Å². The molecule has 11 nitrogen and oxygen atoms in total. The van der Waals surface area contributed by atoms with Crippen LogP contribution in [0.4, 0.5) is 0 Å². The van der Waals surface area contributed by atoms with Crippen LogP contribution in [-0.2, 0) is 33.3 Å². The second-order valence-electron chi connectivity index (χ2n) is 12.6. The molecule has 0 aromatic rings. The molecular weight excluding hydrogens is 692 g/mol. The topological polar surface area (TPSA) is 169 Å². The van der Waals surface area contributed by atoms with Gasteiger partial charge in [0.15, 0.2) is 18.5 Å². The first-order valence-electron chi connectivity index (χ1n) is 19.3. The van der Waals surface area contributed by atoms with Crippen molar-refractivity contribution in [2.75, 3.05) is 13.2 Å². The molecule has 0 spiro atoms. The number of aliphatic hydroxyl groups excluding tert-OH is 3. The van der Waals surface area contributed by atoms with E-state index >= 15 is 0 Å². The zero-order chi connectivity index (χ0) is 39.7. The number of aliphatic hydroxyl groups is 3. The highest BCUT2D eigenvalue weighted by atomic mass is 16.7. The average molecular weight is 757 g/mol. The van der Waals surface area contributed by atoms with Gasteiger partial charge in [0.2, 0.25) is 0 Å². The van der Waals surface area contributed by atoms with Crippen LogP contribution in [0.25, 0.3) is 0 Å². The number of allylic oxidation sites excluding steroid dienone is 16. The predicted octanol–water partition coefficient (Wildman–Crippen LogP) is 7.30. The number of unbranched alkanes of at least 4 members (excludes halogenated alkanes) is 2. The molecular formula is C43H64O11. The lowest BCUT2D eigenvalue weighted by Gasteiger charge is -2.38. The van der Waals surface area contributed by atoms with E-state index in [-0.39, 0.29) is 19.4 Å². The van der Waals surface area contributed by atoms with Gasteiger partial charge in [-0.3, -0.25) is 9.59 Å². The smallest absolute Gasteiger partial charge is 0.335 e. The van der Waals surface area contributed by atoms with Gasteiger partial charge in [-0.15, -0.1) is 0 Å². The molecule has 1 fully saturated rings. The van der Waals surface area contributed by atoms with Crippen molar-refractivity contribution in [2.45, 2.75) is 141 Å². The SMILES string of the molecule is CC/C=C\C/C=C\C/C=C\C/C=C\CCCCC(=O)OCC(COC1OC(C(=O)O)C(O)C(O)C1O)OC(=O)CC/C=C\C/C=C\C/C=C\C/C=C\CC. The standard InChI is InChI=1S/C43H64O11/c1-3-5-7-9-11-13-15-17-18-20-21-23-25-27-29-31-36(44)51-33-35(34-52-43-40(48)38(46)39(47)41(54-43)42(49)50)53-37(45)32-30-28-26-24-22-19-16-14-12-10-8-6-4-2/h5-8,11-14,17-19,21-23,26,28,35,38-41,43,46-48H,3-4,9-10,15-16,20,24-25,27,29-34H2,1-2H3,(H,49,50)/b7-5-,8-6-,13-11-,14-12-,18-17-,22-19-,23-21-,28-26-. The lowest BCUT2D eigenvalue weighted by molar-refractivity contribution is -0.298. The highest BCUT2D eigenvalue weighted by Crippen LogP contribution is 2.23. The molecule has 0 saturated carbocycles. The Hall–Kier alpha value is -3.87. The number of rotatable bonds is 29. The second kappa shape index (κ2) is 32.6. The highest BCUT2D eigenvalue weighted by molar-refractivity contribution is 5.73. The molecule has 0 aromatic heterocycles. The zero-order valence-corrected chi connectivity index (χ0v) is 32.2. The van der Waals surface area contributed by atoms with Gasteiger partial charge in [-0.05, 0) is 77.0 Å². The van der Waals surface area contributed by atoms with Gasteiger partial charge in [-0.2, -0.15) is 0 Å². The maximum Gasteiger partial charge on any atom is 0.335 e. The minimum atomic E-state index is -1.88. The van der Waals surface area contributed by atoms with Crippen molar-refractivity contribution in [3.05, 3.63) is 97.2 Å². The molecule has 11 heteroatoms. The Morgan fingerprint density at radius 1 is 0.574 bits per heavy atom. The number of carboxylic acid groups (broad SMARTS) is 1. The van der Waals surface area contributed by atoms with E-state index in [9.17, 15) is 34.8 Å². The molecule has 4 N–H and O–H groups in total. The largest absolute Gasteiger partial charge is 0.479 e. The summed E-state index contributed by atoms with van der Waals surface area (Å²) in [7, 11) is 0. The summed E-state index contributed by atoms with van der Waals surface area (Å²) in [5, 5.41) is 39.6. The fourth-order valence-corrected chi connectivity index (χ4v) is 4.94. The summed E-state index contributed by atoms with van der Waals surface area (Å²) < 4.78 is 21.5. The number of esters is 2. The number of carboxylic acids is 1. The Morgan fingerprint density at radius 3 is 1.56 bits per heavy atom. The van der Waals surface area contributed by atoms with Crippen LogP contribution in [0, 0.1) is 0 Å².